The zero-order valence-electron chi connectivity index (χ0n) is 7.61. The van der Waals surface area contributed by atoms with Crippen LogP contribution in [0.1, 0.15) is 6.92 Å². The molecule has 14 heavy (non-hydrogen) atoms. The molecule has 1 atom stereocenters. The zero-order valence-corrected chi connectivity index (χ0v) is 8.51. The van der Waals surface area contributed by atoms with E-state index in [9.17, 15) is 14.4 Å². The minimum absolute atomic E-state index is 0.116. The normalized spacial score (nSPS) is 11.6. The lowest BCUT2D eigenvalue weighted by Gasteiger charge is -2.13. The van der Waals surface area contributed by atoms with Crippen molar-refractivity contribution in [2.75, 3.05) is 12.3 Å². The summed E-state index contributed by atoms with van der Waals surface area (Å²) in [6, 6.07) is -0.796. The Morgan fingerprint density at radius 1 is 1.43 bits per heavy atom. The van der Waals surface area contributed by atoms with Crippen LogP contribution >= 0.6 is 12.6 Å². The number of carboxylic acid groups (broad SMARTS) is 1. The van der Waals surface area contributed by atoms with Crippen LogP contribution in [0.4, 0.5) is 0 Å². The van der Waals surface area contributed by atoms with E-state index in [0.29, 0.717) is 0 Å². The second-order valence-electron chi connectivity index (χ2n) is 2.55. The molecule has 0 saturated carbocycles. The number of amides is 2. The zero-order chi connectivity index (χ0) is 11.1. The van der Waals surface area contributed by atoms with Gasteiger partial charge in [0.25, 0.3) is 0 Å². The lowest BCUT2D eigenvalue weighted by atomic mass is 10.3. The Bertz CT molecular complexity index is 244. The van der Waals surface area contributed by atoms with Crippen LogP contribution in [0.3, 0.4) is 0 Å². The SMILES string of the molecule is CC(=O)N[C@@H](CS)C(=O)NCC(=O)O. The molecule has 6 nitrogen and oxygen atoms in total. The molecule has 0 aliphatic rings. The lowest BCUT2D eigenvalue weighted by Crippen LogP contribution is -2.48. The van der Waals surface area contributed by atoms with Crippen molar-refractivity contribution in [1.82, 2.24) is 10.6 Å². The van der Waals surface area contributed by atoms with E-state index < -0.39 is 24.5 Å². The summed E-state index contributed by atoms with van der Waals surface area (Å²) < 4.78 is 0. The van der Waals surface area contributed by atoms with Gasteiger partial charge < -0.3 is 15.7 Å². The second kappa shape index (κ2) is 6.25. The third-order valence-electron chi connectivity index (χ3n) is 1.29. The highest BCUT2D eigenvalue weighted by Crippen LogP contribution is 1.88. The summed E-state index contributed by atoms with van der Waals surface area (Å²) in [5, 5.41) is 12.7. The molecule has 0 aromatic heterocycles. The highest BCUT2D eigenvalue weighted by atomic mass is 32.1. The van der Waals surface area contributed by atoms with Gasteiger partial charge in [-0.25, -0.2) is 0 Å². The largest absolute Gasteiger partial charge is 0.480 e. The number of carboxylic acids is 1. The molecule has 0 aromatic carbocycles. The molecule has 0 radical (unpaired) electrons. The first-order valence-electron chi connectivity index (χ1n) is 3.84. The summed E-state index contributed by atoms with van der Waals surface area (Å²) in [6.07, 6.45) is 0. The Morgan fingerprint density at radius 2 is 2.00 bits per heavy atom. The van der Waals surface area contributed by atoms with Crippen LogP contribution in [0, 0.1) is 0 Å². The second-order valence-corrected chi connectivity index (χ2v) is 2.91. The molecule has 3 N–H and O–H groups in total. The minimum atomic E-state index is -1.14. The lowest BCUT2D eigenvalue weighted by molar-refractivity contribution is -0.138. The molecular formula is C7H12N2O4S. The first kappa shape index (κ1) is 12.8. The van der Waals surface area contributed by atoms with Gasteiger partial charge in [-0.2, -0.15) is 12.6 Å². The van der Waals surface area contributed by atoms with E-state index in [1.807, 2.05) is 0 Å². The molecule has 0 aliphatic carbocycles. The van der Waals surface area contributed by atoms with Crippen molar-refractivity contribution in [3.05, 3.63) is 0 Å². The van der Waals surface area contributed by atoms with Crippen LogP contribution in [0.2, 0.25) is 0 Å². The third kappa shape index (κ3) is 5.41. The summed E-state index contributed by atoms with van der Waals surface area (Å²) in [5.74, 6) is -1.95. The Morgan fingerprint density at radius 3 is 2.36 bits per heavy atom. The van der Waals surface area contributed by atoms with Crippen LogP contribution in [0.5, 0.6) is 0 Å². The molecule has 0 saturated heterocycles. The number of thiol groups is 1. The third-order valence-corrected chi connectivity index (χ3v) is 1.66. The van der Waals surface area contributed by atoms with Crippen LogP contribution < -0.4 is 10.6 Å². The first-order chi connectivity index (χ1) is 6.47. The van der Waals surface area contributed by atoms with Crippen LogP contribution in [-0.4, -0.2) is 41.2 Å². The molecule has 0 rings (SSSR count). The van der Waals surface area contributed by atoms with Crippen molar-refractivity contribution in [2.24, 2.45) is 0 Å². The Kier molecular flexibility index (Phi) is 5.70. The molecule has 0 bridgehead atoms. The Labute approximate surface area is 86.5 Å². The molecule has 7 heteroatoms. The Hall–Kier alpha value is -1.24. The summed E-state index contributed by atoms with van der Waals surface area (Å²) in [7, 11) is 0. The van der Waals surface area contributed by atoms with Crippen molar-refractivity contribution in [3.8, 4) is 0 Å². The maximum absolute atomic E-state index is 11.2. The summed E-state index contributed by atoms with van der Waals surface area (Å²) in [4.78, 5) is 31.9. The number of carbonyl (C=O) groups is 3. The number of rotatable bonds is 5. The molecule has 0 fully saturated rings. The fourth-order valence-corrected chi connectivity index (χ4v) is 0.983. The minimum Gasteiger partial charge on any atom is -0.480 e. The van der Waals surface area contributed by atoms with Crippen molar-refractivity contribution in [2.45, 2.75) is 13.0 Å². The quantitative estimate of drug-likeness (QED) is 0.429. The van der Waals surface area contributed by atoms with Crippen molar-refractivity contribution in [3.63, 3.8) is 0 Å². The van der Waals surface area contributed by atoms with E-state index in [1.54, 1.807) is 0 Å². The molecule has 2 amide bonds. The van der Waals surface area contributed by atoms with Gasteiger partial charge in [0.1, 0.15) is 12.6 Å². The summed E-state index contributed by atoms with van der Waals surface area (Å²) in [5.41, 5.74) is 0. The van der Waals surface area contributed by atoms with E-state index >= 15 is 0 Å². The Balaban J connectivity index is 4.04. The molecule has 0 spiro atoms. The molecule has 0 aromatic rings. The average molecular weight is 220 g/mol. The summed E-state index contributed by atoms with van der Waals surface area (Å²) in [6.45, 7) is 0.795. The number of nitrogens with one attached hydrogen (secondary N) is 2. The summed E-state index contributed by atoms with van der Waals surface area (Å²) >= 11 is 3.85. The molecule has 0 heterocycles. The molecule has 0 aliphatic heterocycles. The molecule has 80 valence electrons. The average Bonchev–Trinajstić information content (AvgIpc) is 2.09. The van der Waals surface area contributed by atoms with E-state index in [0.717, 1.165) is 0 Å². The van der Waals surface area contributed by atoms with Gasteiger partial charge in [-0.05, 0) is 0 Å². The van der Waals surface area contributed by atoms with Crippen LogP contribution in [0.15, 0.2) is 0 Å². The molecular weight excluding hydrogens is 208 g/mol. The van der Waals surface area contributed by atoms with E-state index in [-0.39, 0.29) is 11.7 Å². The number of hydrogen-bond donors (Lipinski definition) is 4. The number of carbonyl (C=O) groups excluding carboxylic acids is 2. The van der Waals surface area contributed by atoms with Crippen molar-refractivity contribution >= 4 is 30.4 Å². The van der Waals surface area contributed by atoms with Gasteiger partial charge in [0.15, 0.2) is 0 Å². The van der Waals surface area contributed by atoms with Gasteiger partial charge in [-0.3, -0.25) is 14.4 Å². The van der Waals surface area contributed by atoms with Crippen LogP contribution in [-0.2, 0) is 14.4 Å². The highest BCUT2D eigenvalue weighted by molar-refractivity contribution is 7.80. The van der Waals surface area contributed by atoms with Gasteiger partial charge in [-0.15, -0.1) is 0 Å². The van der Waals surface area contributed by atoms with Gasteiger partial charge in [0.2, 0.25) is 11.8 Å². The maximum Gasteiger partial charge on any atom is 0.322 e. The standard InChI is InChI=1S/C7H12N2O4S/c1-4(10)9-5(3-14)7(13)8-2-6(11)12/h5,14H,2-3H2,1H3,(H,8,13)(H,9,10)(H,11,12)/t5-/m0/s1. The van der Waals surface area contributed by atoms with E-state index in [1.165, 1.54) is 6.92 Å². The topological polar surface area (TPSA) is 95.5 Å². The van der Waals surface area contributed by atoms with Crippen molar-refractivity contribution < 1.29 is 19.5 Å². The van der Waals surface area contributed by atoms with Gasteiger partial charge in [0, 0.05) is 12.7 Å². The monoisotopic (exact) mass is 220 g/mol. The van der Waals surface area contributed by atoms with E-state index in [2.05, 4.69) is 23.3 Å². The predicted octanol–water partition coefficient (Wildman–Crippen LogP) is -1.38. The fraction of sp³-hybridized carbons (Fsp3) is 0.571. The maximum atomic E-state index is 11.2. The van der Waals surface area contributed by atoms with E-state index in [4.69, 9.17) is 5.11 Å². The highest BCUT2D eigenvalue weighted by Gasteiger charge is 2.17. The number of hydrogen-bond acceptors (Lipinski definition) is 4. The first-order valence-corrected chi connectivity index (χ1v) is 4.48. The fourth-order valence-electron chi connectivity index (χ4n) is 0.725. The number of aliphatic carboxylic acids is 1. The van der Waals surface area contributed by atoms with Gasteiger partial charge in [-0.1, -0.05) is 0 Å². The van der Waals surface area contributed by atoms with Gasteiger partial charge >= 0.3 is 5.97 Å². The predicted molar refractivity (Wildman–Crippen MR) is 52.1 cm³/mol. The van der Waals surface area contributed by atoms with Crippen LogP contribution in [0.25, 0.3) is 0 Å². The van der Waals surface area contributed by atoms with Gasteiger partial charge in [0.05, 0.1) is 0 Å². The van der Waals surface area contributed by atoms with Crippen molar-refractivity contribution in [1.29, 1.82) is 0 Å². The smallest absolute Gasteiger partial charge is 0.322 e. The molecule has 0 unspecified atom stereocenters.